The Hall–Kier alpha value is -1.61. The largest absolute Gasteiger partial charge is 0.387 e. The van der Waals surface area contributed by atoms with Crippen molar-refractivity contribution in [3.05, 3.63) is 53.9 Å². The molecule has 2 rings (SSSR count). The lowest BCUT2D eigenvalue weighted by Crippen LogP contribution is -2.32. The average Bonchev–Trinajstić information content (AvgIpc) is 2.99. The van der Waals surface area contributed by atoms with Gasteiger partial charge in [-0.25, -0.2) is 0 Å². The van der Waals surface area contributed by atoms with Crippen LogP contribution in [0.3, 0.4) is 0 Å². The number of hydrogen-bond donors (Lipinski definition) is 1. The van der Waals surface area contributed by atoms with Crippen LogP contribution in [0.2, 0.25) is 0 Å². The molecule has 1 aromatic carbocycles. The van der Waals surface area contributed by atoms with Gasteiger partial charge in [0.25, 0.3) is 0 Å². The van der Waals surface area contributed by atoms with Gasteiger partial charge in [-0.3, -0.25) is 4.68 Å². The third-order valence-electron chi connectivity index (χ3n) is 4.43. The van der Waals surface area contributed by atoms with Crippen molar-refractivity contribution < 1.29 is 5.11 Å². The first-order chi connectivity index (χ1) is 9.67. The topological polar surface area (TPSA) is 38.0 Å². The van der Waals surface area contributed by atoms with Crippen molar-refractivity contribution in [3.63, 3.8) is 0 Å². The van der Waals surface area contributed by atoms with Gasteiger partial charge in [0.05, 0.1) is 12.3 Å². The molecule has 0 saturated carbocycles. The number of aryl methyl sites for hydroxylation is 1. The summed E-state index contributed by atoms with van der Waals surface area (Å²) >= 11 is 0. The number of nitrogens with zero attached hydrogens (tertiary/aromatic N) is 2. The molecule has 3 nitrogen and oxygen atoms in total. The predicted octanol–water partition coefficient (Wildman–Crippen LogP) is 3.69. The van der Waals surface area contributed by atoms with Crippen LogP contribution in [0, 0.1) is 0 Å². The highest BCUT2D eigenvalue weighted by Gasteiger charge is 2.37. The molecule has 108 valence electrons. The van der Waals surface area contributed by atoms with Crippen LogP contribution in [0.25, 0.3) is 0 Å². The van der Waals surface area contributed by atoms with E-state index < -0.39 is 6.10 Å². The summed E-state index contributed by atoms with van der Waals surface area (Å²) in [5, 5.41) is 15.2. The van der Waals surface area contributed by atoms with E-state index in [0.717, 1.165) is 24.9 Å². The van der Waals surface area contributed by atoms with Crippen LogP contribution in [-0.2, 0) is 12.0 Å². The minimum atomic E-state index is -0.528. The van der Waals surface area contributed by atoms with E-state index in [-0.39, 0.29) is 5.41 Å². The van der Waals surface area contributed by atoms with Gasteiger partial charge in [-0.15, -0.1) is 0 Å². The molecule has 1 unspecified atom stereocenters. The summed E-state index contributed by atoms with van der Waals surface area (Å²) in [7, 11) is 0. The molecule has 1 heterocycles. The highest BCUT2D eigenvalue weighted by Crippen LogP contribution is 2.42. The van der Waals surface area contributed by atoms with E-state index >= 15 is 0 Å². The number of aliphatic hydroxyl groups excluding tert-OH is 1. The lowest BCUT2D eigenvalue weighted by molar-refractivity contribution is 0.0727. The van der Waals surface area contributed by atoms with Gasteiger partial charge in [0.2, 0.25) is 0 Å². The third-order valence-corrected chi connectivity index (χ3v) is 4.43. The molecule has 0 radical (unpaired) electrons. The maximum Gasteiger partial charge on any atom is 0.0916 e. The Morgan fingerprint density at radius 3 is 2.30 bits per heavy atom. The van der Waals surface area contributed by atoms with E-state index in [1.807, 2.05) is 36.0 Å². The van der Waals surface area contributed by atoms with Gasteiger partial charge in [0.15, 0.2) is 0 Å². The minimum absolute atomic E-state index is 0.247. The lowest BCUT2D eigenvalue weighted by atomic mass is 9.70. The summed E-state index contributed by atoms with van der Waals surface area (Å²) in [6, 6.07) is 10.3. The number of hydrogen-bond acceptors (Lipinski definition) is 2. The second-order valence-corrected chi connectivity index (χ2v) is 5.26. The fourth-order valence-corrected chi connectivity index (χ4v) is 2.99. The molecule has 0 aliphatic carbocycles. The Balaban J connectivity index is 2.42. The molecule has 0 saturated heterocycles. The second kappa shape index (κ2) is 6.23. The van der Waals surface area contributed by atoms with Gasteiger partial charge in [0.1, 0.15) is 0 Å². The van der Waals surface area contributed by atoms with Crippen LogP contribution in [0.1, 0.15) is 50.8 Å². The van der Waals surface area contributed by atoms with Crippen LogP contribution in [0.5, 0.6) is 0 Å². The molecule has 1 atom stereocenters. The van der Waals surface area contributed by atoms with E-state index in [9.17, 15) is 5.11 Å². The van der Waals surface area contributed by atoms with Crippen LogP contribution in [0.4, 0.5) is 0 Å². The number of aromatic nitrogens is 2. The minimum Gasteiger partial charge on any atom is -0.387 e. The summed E-state index contributed by atoms with van der Waals surface area (Å²) in [6.07, 6.45) is 5.00. The summed E-state index contributed by atoms with van der Waals surface area (Å²) < 4.78 is 1.86. The first-order valence-corrected chi connectivity index (χ1v) is 7.43. The molecule has 0 bridgehead atoms. The van der Waals surface area contributed by atoms with Crippen molar-refractivity contribution >= 4 is 0 Å². The van der Waals surface area contributed by atoms with Gasteiger partial charge >= 0.3 is 0 Å². The molecule has 0 aliphatic heterocycles. The Bertz CT molecular complexity index is 529. The van der Waals surface area contributed by atoms with Gasteiger partial charge < -0.3 is 5.11 Å². The fourth-order valence-electron chi connectivity index (χ4n) is 2.99. The van der Waals surface area contributed by atoms with E-state index in [1.54, 1.807) is 6.20 Å². The summed E-state index contributed by atoms with van der Waals surface area (Å²) in [6.45, 7) is 7.16. The summed E-state index contributed by atoms with van der Waals surface area (Å²) in [5.74, 6) is 0. The molecule has 1 N–H and O–H groups in total. The summed E-state index contributed by atoms with van der Waals surface area (Å²) in [5.41, 5.74) is 1.85. The van der Waals surface area contributed by atoms with E-state index in [1.165, 1.54) is 5.56 Å². The molecular weight excluding hydrogens is 248 g/mol. The van der Waals surface area contributed by atoms with E-state index in [4.69, 9.17) is 0 Å². The Labute approximate surface area is 121 Å². The zero-order valence-electron chi connectivity index (χ0n) is 12.6. The van der Waals surface area contributed by atoms with Gasteiger partial charge in [-0.2, -0.15) is 5.10 Å². The molecule has 2 aromatic rings. The fraction of sp³-hybridized carbons (Fsp3) is 0.471. The molecule has 20 heavy (non-hydrogen) atoms. The van der Waals surface area contributed by atoms with Gasteiger partial charge in [-0.1, -0.05) is 44.2 Å². The Kier molecular flexibility index (Phi) is 4.61. The highest BCUT2D eigenvalue weighted by atomic mass is 16.3. The molecule has 3 heteroatoms. The van der Waals surface area contributed by atoms with Gasteiger partial charge in [-0.05, 0) is 25.3 Å². The Morgan fingerprint density at radius 2 is 1.80 bits per heavy atom. The molecular formula is C17H24N2O. The first kappa shape index (κ1) is 14.8. The van der Waals surface area contributed by atoms with Crippen molar-refractivity contribution in [1.29, 1.82) is 0 Å². The zero-order chi connectivity index (χ0) is 14.6. The quantitative estimate of drug-likeness (QED) is 0.870. The maximum absolute atomic E-state index is 10.9. The maximum atomic E-state index is 10.9. The summed E-state index contributed by atoms with van der Waals surface area (Å²) in [4.78, 5) is 0. The SMILES string of the molecule is CCn1cc(C(O)C(CC)(CC)c2ccccc2)cn1. The molecule has 1 aromatic heterocycles. The van der Waals surface area contributed by atoms with Crippen LogP contribution < -0.4 is 0 Å². The van der Waals surface area contributed by atoms with E-state index in [2.05, 4.69) is 31.1 Å². The van der Waals surface area contributed by atoms with Crippen LogP contribution in [0.15, 0.2) is 42.7 Å². The van der Waals surface area contributed by atoms with Gasteiger partial charge in [0, 0.05) is 23.7 Å². The molecule has 0 aliphatic rings. The number of benzene rings is 1. The molecule has 0 amide bonds. The standard InChI is InChI=1S/C17H24N2O/c1-4-17(5-2,15-10-8-7-9-11-15)16(20)14-12-18-19(6-3)13-14/h7-13,16,20H,4-6H2,1-3H3. The normalized spacial score (nSPS) is 13.4. The second-order valence-electron chi connectivity index (χ2n) is 5.26. The van der Waals surface area contributed by atoms with Crippen LogP contribution in [-0.4, -0.2) is 14.9 Å². The average molecular weight is 272 g/mol. The number of aliphatic hydroxyl groups is 1. The smallest absolute Gasteiger partial charge is 0.0916 e. The number of rotatable bonds is 6. The first-order valence-electron chi connectivity index (χ1n) is 7.43. The van der Waals surface area contributed by atoms with Crippen molar-refractivity contribution in [1.82, 2.24) is 9.78 Å². The third kappa shape index (κ3) is 2.50. The Morgan fingerprint density at radius 1 is 1.15 bits per heavy atom. The van der Waals surface area contributed by atoms with Crippen molar-refractivity contribution in [3.8, 4) is 0 Å². The van der Waals surface area contributed by atoms with Crippen molar-refractivity contribution in [2.45, 2.75) is 51.7 Å². The van der Waals surface area contributed by atoms with Crippen LogP contribution >= 0.6 is 0 Å². The van der Waals surface area contributed by atoms with Crippen molar-refractivity contribution in [2.75, 3.05) is 0 Å². The predicted molar refractivity (Wildman–Crippen MR) is 81.6 cm³/mol. The monoisotopic (exact) mass is 272 g/mol. The zero-order valence-corrected chi connectivity index (χ0v) is 12.6. The molecule has 0 fully saturated rings. The highest BCUT2D eigenvalue weighted by molar-refractivity contribution is 5.30. The van der Waals surface area contributed by atoms with Crippen molar-refractivity contribution in [2.24, 2.45) is 0 Å². The lowest BCUT2D eigenvalue weighted by Gasteiger charge is -2.37. The molecule has 0 spiro atoms. The van der Waals surface area contributed by atoms with E-state index in [0.29, 0.717) is 0 Å².